The lowest BCUT2D eigenvalue weighted by Crippen LogP contribution is -2.39. The molecule has 0 saturated heterocycles. The second-order valence-corrected chi connectivity index (χ2v) is 11.7. The quantitative estimate of drug-likeness (QED) is 0.157. The van der Waals surface area contributed by atoms with Crippen molar-refractivity contribution in [1.29, 1.82) is 0 Å². The van der Waals surface area contributed by atoms with Crippen LogP contribution in [0.4, 0.5) is 0 Å². The predicted molar refractivity (Wildman–Crippen MR) is 174 cm³/mol. The molecule has 0 radical (unpaired) electrons. The Morgan fingerprint density at radius 3 is 2.55 bits per heavy atom. The Kier molecular flexibility index (Phi) is 9.52. The number of hydrogen-bond donors (Lipinski definition) is 0. The number of aromatic nitrogens is 1. The SMILES string of the molecule is C=CCc1cc(/C=c2/sc3n(c2=O)[C@@H](c2ccc(C)cc2)C(C(=O)OCC)=C(C)N=3)cc(OC)c1OCc1ccccc1Cl. The number of thiazole rings is 1. The summed E-state index contributed by atoms with van der Waals surface area (Å²) in [7, 11) is 1.58. The number of nitrogens with zero attached hydrogens (tertiary/aromatic N) is 2. The number of ether oxygens (including phenoxy) is 3. The Morgan fingerprint density at radius 2 is 1.86 bits per heavy atom. The Balaban J connectivity index is 1.61. The molecule has 4 aromatic rings. The maximum atomic E-state index is 14.0. The van der Waals surface area contributed by atoms with Crippen molar-refractivity contribution >= 4 is 35.0 Å². The minimum Gasteiger partial charge on any atom is -0.493 e. The molecular formula is C35H33ClN2O5S. The van der Waals surface area contributed by atoms with Gasteiger partial charge in [0.25, 0.3) is 5.56 Å². The normalized spacial score (nSPS) is 14.6. The number of halogens is 1. The smallest absolute Gasteiger partial charge is 0.338 e. The molecule has 0 fully saturated rings. The van der Waals surface area contributed by atoms with Crippen molar-refractivity contribution < 1.29 is 19.0 Å². The number of carbonyl (C=O) groups is 1. The summed E-state index contributed by atoms with van der Waals surface area (Å²) >= 11 is 7.62. The molecule has 5 rings (SSSR count). The number of allylic oxidation sites excluding steroid dienone is 2. The van der Waals surface area contributed by atoms with Crippen LogP contribution in [0.15, 0.2) is 94.4 Å². The first-order chi connectivity index (χ1) is 21.2. The maximum Gasteiger partial charge on any atom is 0.338 e. The summed E-state index contributed by atoms with van der Waals surface area (Å²) in [5, 5.41) is 0.619. The molecule has 0 aliphatic carbocycles. The summed E-state index contributed by atoms with van der Waals surface area (Å²) in [6.07, 6.45) is 4.12. The zero-order valence-electron chi connectivity index (χ0n) is 25.1. The molecule has 0 saturated carbocycles. The van der Waals surface area contributed by atoms with Crippen molar-refractivity contribution in [1.82, 2.24) is 4.57 Å². The first kappa shape index (κ1) is 31.0. The first-order valence-electron chi connectivity index (χ1n) is 14.2. The van der Waals surface area contributed by atoms with Gasteiger partial charge >= 0.3 is 5.97 Å². The molecule has 7 nitrogen and oxygen atoms in total. The Hall–Kier alpha value is -4.40. The van der Waals surface area contributed by atoms with Crippen LogP contribution in [0.5, 0.6) is 11.5 Å². The third kappa shape index (κ3) is 6.27. The van der Waals surface area contributed by atoms with Gasteiger partial charge in [-0.1, -0.05) is 77.0 Å². The van der Waals surface area contributed by atoms with Gasteiger partial charge < -0.3 is 14.2 Å². The van der Waals surface area contributed by atoms with Crippen LogP contribution in [0.1, 0.15) is 47.7 Å². The number of rotatable bonds is 10. The molecule has 0 N–H and O–H groups in total. The second-order valence-electron chi connectivity index (χ2n) is 10.3. The van der Waals surface area contributed by atoms with Crippen LogP contribution < -0.4 is 24.4 Å². The van der Waals surface area contributed by atoms with E-state index in [4.69, 9.17) is 25.8 Å². The zero-order chi connectivity index (χ0) is 31.4. The summed E-state index contributed by atoms with van der Waals surface area (Å²) in [5.74, 6) is 0.619. The highest BCUT2D eigenvalue weighted by molar-refractivity contribution is 7.07. The van der Waals surface area contributed by atoms with E-state index in [-0.39, 0.29) is 18.8 Å². The van der Waals surface area contributed by atoms with Crippen LogP contribution >= 0.6 is 22.9 Å². The van der Waals surface area contributed by atoms with E-state index in [1.807, 2.05) is 73.7 Å². The number of hydrogen-bond acceptors (Lipinski definition) is 7. The molecule has 1 aliphatic heterocycles. The van der Waals surface area contributed by atoms with Crippen LogP contribution in [-0.4, -0.2) is 24.3 Å². The van der Waals surface area contributed by atoms with Gasteiger partial charge in [-0.05, 0) is 62.6 Å². The third-order valence-corrected chi connectivity index (χ3v) is 8.63. The molecule has 0 amide bonds. The molecule has 1 aliphatic rings. The summed E-state index contributed by atoms with van der Waals surface area (Å²) in [6.45, 7) is 9.91. The van der Waals surface area contributed by atoms with Gasteiger partial charge in [-0.15, -0.1) is 6.58 Å². The molecule has 44 heavy (non-hydrogen) atoms. The fraction of sp³-hybridized carbons (Fsp3) is 0.229. The summed E-state index contributed by atoms with van der Waals surface area (Å²) in [6, 6.07) is 18.4. The molecular weight excluding hydrogens is 596 g/mol. The topological polar surface area (TPSA) is 79.1 Å². The van der Waals surface area contributed by atoms with E-state index in [0.717, 1.165) is 27.8 Å². The van der Waals surface area contributed by atoms with E-state index >= 15 is 0 Å². The Morgan fingerprint density at radius 1 is 1.11 bits per heavy atom. The van der Waals surface area contributed by atoms with Crippen LogP contribution in [0.2, 0.25) is 5.02 Å². The van der Waals surface area contributed by atoms with Crippen LogP contribution in [0, 0.1) is 6.92 Å². The van der Waals surface area contributed by atoms with Gasteiger partial charge in [0.1, 0.15) is 6.61 Å². The van der Waals surface area contributed by atoms with Gasteiger partial charge in [-0.2, -0.15) is 0 Å². The van der Waals surface area contributed by atoms with E-state index in [0.29, 0.717) is 43.5 Å². The number of methoxy groups -OCH3 is 1. The molecule has 1 aromatic heterocycles. The highest BCUT2D eigenvalue weighted by atomic mass is 35.5. The number of fused-ring (bicyclic) bond motifs is 1. The molecule has 0 unspecified atom stereocenters. The van der Waals surface area contributed by atoms with E-state index in [2.05, 4.69) is 11.6 Å². The number of carbonyl (C=O) groups excluding carboxylic acids is 1. The lowest BCUT2D eigenvalue weighted by Gasteiger charge is -2.24. The predicted octanol–water partition coefficient (Wildman–Crippen LogP) is 6.08. The molecule has 0 spiro atoms. The van der Waals surface area contributed by atoms with Crippen LogP contribution in [-0.2, 0) is 22.6 Å². The van der Waals surface area contributed by atoms with Crippen molar-refractivity contribution in [3.05, 3.63) is 137 Å². The number of esters is 1. The average molecular weight is 629 g/mol. The zero-order valence-corrected chi connectivity index (χ0v) is 26.6. The van der Waals surface area contributed by atoms with E-state index < -0.39 is 12.0 Å². The Labute approximate surface area is 265 Å². The molecule has 1 atom stereocenters. The highest BCUT2D eigenvalue weighted by Crippen LogP contribution is 2.35. The lowest BCUT2D eigenvalue weighted by molar-refractivity contribution is -0.139. The maximum absolute atomic E-state index is 14.0. The van der Waals surface area contributed by atoms with E-state index in [9.17, 15) is 9.59 Å². The van der Waals surface area contributed by atoms with E-state index in [1.165, 1.54) is 11.3 Å². The standard InChI is InChI=1S/C35H33ClN2O5S/c1-6-10-25-17-23(18-28(41-5)32(25)43-20-26-11-8-9-12-27(26)36)19-29-33(39)38-31(24-15-13-21(3)14-16-24)30(34(40)42-7-2)22(4)37-35(38)44-29/h6,8-9,11-19,31H,1,7,10,20H2,2-5H3/b29-19+/t31-/m0/s1. The van der Waals surface area contributed by atoms with Crippen molar-refractivity contribution in [2.75, 3.05) is 13.7 Å². The van der Waals surface area contributed by atoms with Gasteiger partial charge in [-0.25, -0.2) is 9.79 Å². The van der Waals surface area contributed by atoms with E-state index in [1.54, 1.807) is 31.6 Å². The molecule has 2 heterocycles. The largest absolute Gasteiger partial charge is 0.493 e. The fourth-order valence-electron chi connectivity index (χ4n) is 5.16. The number of aryl methyl sites for hydroxylation is 1. The van der Waals surface area contributed by atoms with Crippen molar-refractivity contribution in [3.63, 3.8) is 0 Å². The van der Waals surface area contributed by atoms with Gasteiger partial charge in [0.15, 0.2) is 16.3 Å². The van der Waals surface area contributed by atoms with Gasteiger partial charge in [0.2, 0.25) is 0 Å². The van der Waals surface area contributed by atoms with Crippen LogP contribution in [0.25, 0.3) is 6.08 Å². The van der Waals surface area contributed by atoms with Crippen LogP contribution in [0.3, 0.4) is 0 Å². The minimum absolute atomic E-state index is 0.216. The Bertz CT molecular complexity index is 1940. The van der Waals surface area contributed by atoms with Gasteiger partial charge in [0.05, 0.1) is 35.6 Å². The van der Waals surface area contributed by atoms with Gasteiger partial charge in [0, 0.05) is 16.1 Å². The van der Waals surface area contributed by atoms with Crippen molar-refractivity contribution in [3.8, 4) is 11.5 Å². The second kappa shape index (κ2) is 13.5. The molecule has 3 aromatic carbocycles. The van der Waals surface area contributed by atoms with Crippen molar-refractivity contribution in [2.45, 2.75) is 39.8 Å². The summed E-state index contributed by atoms with van der Waals surface area (Å²) < 4.78 is 19.4. The first-order valence-corrected chi connectivity index (χ1v) is 15.4. The fourth-order valence-corrected chi connectivity index (χ4v) is 6.40. The van der Waals surface area contributed by atoms with Gasteiger partial charge in [-0.3, -0.25) is 9.36 Å². The molecule has 0 bridgehead atoms. The number of benzene rings is 3. The lowest BCUT2D eigenvalue weighted by atomic mass is 9.95. The summed E-state index contributed by atoms with van der Waals surface area (Å²) in [4.78, 5) is 32.4. The summed E-state index contributed by atoms with van der Waals surface area (Å²) in [5.41, 5.74) is 4.95. The third-order valence-electron chi connectivity index (χ3n) is 7.28. The highest BCUT2D eigenvalue weighted by Gasteiger charge is 2.33. The minimum atomic E-state index is -0.667. The van der Waals surface area contributed by atoms with Crippen molar-refractivity contribution in [2.24, 2.45) is 4.99 Å². The monoisotopic (exact) mass is 628 g/mol. The molecule has 226 valence electrons. The average Bonchev–Trinajstić information content (AvgIpc) is 3.30. The molecule has 9 heteroatoms.